The molecule has 0 radical (unpaired) electrons. The third kappa shape index (κ3) is 7.24. The molecule has 1 rings (SSSR count). The molecule has 19 heavy (non-hydrogen) atoms. The molecule has 0 heterocycles. The van der Waals surface area contributed by atoms with Crippen molar-refractivity contribution in [2.24, 2.45) is 0 Å². The lowest BCUT2D eigenvalue weighted by Gasteiger charge is -2.02. The fourth-order valence-electron chi connectivity index (χ4n) is 1.37. The molecule has 0 saturated heterocycles. The lowest BCUT2D eigenvalue weighted by Crippen LogP contribution is -2.12. The molecule has 0 spiro atoms. The number of benzene rings is 1. The summed E-state index contributed by atoms with van der Waals surface area (Å²) < 4.78 is 9.85. The van der Waals surface area contributed by atoms with Crippen molar-refractivity contribution in [3.8, 4) is 11.8 Å². The Morgan fingerprint density at radius 2 is 2.11 bits per heavy atom. The quantitative estimate of drug-likeness (QED) is 0.480. The van der Waals surface area contributed by atoms with Crippen molar-refractivity contribution in [3.05, 3.63) is 35.9 Å². The zero-order valence-electron chi connectivity index (χ0n) is 11.0. The highest BCUT2D eigenvalue weighted by Crippen LogP contribution is 2.00. The van der Waals surface area contributed by atoms with E-state index in [1.165, 1.54) is 7.11 Å². The first-order valence-electron chi connectivity index (χ1n) is 6.07. The minimum absolute atomic E-state index is 0.103. The molecular formula is C15H18O4. The van der Waals surface area contributed by atoms with Gasteiger partial charge in [0.15, 0.2) is 0 Å². The number of ether oxygens (including phenoxy) is 2. The van der Waals surface area contributed by atoms with E-state index in [1.54, 1.807) is 0 Å². The summed E-state index contributed by atoms with van der Waals surface area (Å²) in [7, 11) is 1.28. The molecule has 0 fully saturated rings. The van der Waals surface area contributed by atoms with Crippen molar-refractivity contribution in [1.82, 2.24) is 0 Å². The van der Waals surface area contributed by atoms with E-state index in [0.29, 0.717) is 19.6 Å². The molecule has 4 nitrogen and oxygen atoms in total. The number of carbonyl (C=O) groups excluding carboxylic acids is 1. The Bertz CT molecular complexity index is 430. The van der Waals surface area contributed by atoms with E-state index in [2.05, 4.69) is 16.6 Å². The summed E-state index contributed by atoms with van der Waals surface area (Å²) in [5, 5.41) is 9.37. The lowest BCUT2D eigenvalue weighted by molar-refractivity contribution is -0.142. The molecule has 4 heteroatoms. The summed E-state index contributed by atoms with van der Waals surface area (Å²) in [4.78, 5) is 10.8. The lowest BCUT2D eigenvalue weighted by atomic mass is 10.2. The summed E-state index contributed by atoms with van der Waals surface area (Å²) in [6.45, 7) is 1.04. The number of esters is 1. The van der Waals surface area contributed by atoms with Crippen LogP contribution < -0.4 is 0 Å². The smallest absolute Gasteiger partial charge is 0.309 e. The summed E-state index contributed by atoms with van der Waals surface area (Å²) >= 11 is 0. The van der Waals surface area contributed by atoms with Crippen LogP contribution in [-0.4, -0.2) is 30.9 Å². The number of aliphatic hydroxyl groups excluding tert-OH is 1. The van der Waals surface area contributed by atoms with Gasteiger partial charge in [-0.1, -0.05) is 42.2 Å². The predicted molar refractivity (Wildman–Crippen MR) is 71.1 cm³/mol. The number of aliphatic hydroxyl groups is 1. The Balaban J connectivity index is 2.12. The van der Waals surface area contributed by atoms with Crippen molar-refractivity contribution in [2.45, 2.75) is 25.6 Å². The van der Waals surface area contributed by atoms with Crippen molar-refractivity contribution in [1.29, 1.82) is 0 Å². The maximum atomic E-state index is 10.8. The molecular weight excluding hydrogens is 244 g/mol. The number of hydrogen-bond acceptors (Lipinski definition) is 4. The third-order valence-corrected chi connectivity index (χ3v) is 2.34. The molecule has 0 aromatic heterocycles. The van der Waals surface area contributed by atoms with E-state index in [-0.39, 0.29) is 6.42 Å². The van der Waals surface area contributed by atoms with E-state index in [9.17, 15) is 9.90 Å². The molecule has 1 N–H and O–H groups in total. The normalized spacial score (nSPS) is 11.3. The molecule has 0 aliphatic carbocycles. The summed E-state index contributed by atoms with van der Waals surface area (Å²) in [5.41, 5.74) is 1.11. The van der Waals surface area contributed by atoms with Gasteiger partial charge in [-0.05, 0) is 5.56 Å². The van der Waals surface area contributed by atoms with Gasteiger partial charge < -0.3 is 14.6 Å². The minimum atomic E-state index is -0.971. The standard InChI is InChI=1S/C15H18O4/c1-18-15(17)11-14(16)9-5-6-10-19-12-13-7-3-2-4-8-13/h2-4,7-8,14,16H,6,10-12H2,1H3/t14-/m0/s1. The highest BCUT2D eigenvalue weighted by molar-refractivity contribution is 5.70. The SMILES string of the molecule is COC(=O)C[C@@H](O)C#CCCOCc1ccccc1. The molecule has 1 aromatic carbocycles. The van der Waals surface area contributed by atoms with Gasteiger partial charge in [-0.25, -0.2) is 0 Å². The number of carbonyl (C=O) groups is 1. The number of hydrogen-bond donors (Lipinski definition) is 1. The second-order valence-electron chi connectivity index (χ2n) is 3.91. The molecule has 0 unspecified atom stereocenters. The predicted octanol–water partition coefficient (Wildman–Crippen LogP) is 1.52. The summed E-state index contributed by atoms with van der Waals surface area (Å²) in [5.74, 6) is 4.87. The van der Waals surface area contributed by atoms with Gasteiger partial charge in [0.05, 0.1) is 26.7 Å². The number of rotatable bonds is 6. The fourth-order valence-corrected chi connectivity index (χ4v) is 1.37. The van der Waals surface area contributed by atoms with Crippen LogP contribution in [0.5, 0.6) is 0 Å². The molecule has 1 atom stereocenters. The average molecular weight is 262 g/mol. The highest BCUT2D eigenvalue weighted by Gasteiger charge is 2.06. The van der Waals surface area contributed by atoms with Gasteiger partial charge in [0, 0.05) is 6.42 Å². The van der Waals surface area contributed by atoms with E-state index in [1.807, 2.05) is 30.3 Å². The van der Waals surface area contributed by atoms with Gasteiger partial charge >= 0.3 is 5.97 Å². The van der Waals surface area contributed by atoms with Crippen molar-refractivity contribution >= 4 is 5.97 Å². The van der Waals surface area contributed by atoms with Gasteiger partial charge in [0.25, 0.3) is 0 Å². The minimum Gasteiger partial charge on any atom is -0.469 e. The van der Waals surface area contributed by atoms with Crippen LogP contribution in [0.1, 0.15) is 18.4 Å². The molecule has 0 amide bonds. The first-order valence-corrected chi connectivity index (χ1v) is 6.07. The Kier molecular flexibility index (Phi) is 7.33. The van der Waals surface area contributed by atoms with Gasteiger partial charge in [0.1, 0.15) is 6.10 Å². The van der Waals surface area contributed by atoms with Gasteiger partial charge in [-0.3, -0.25) is 4.79 Å². The molecule has 0 saturated carbocycles. The second kappa shape index (κ2) is 9.15. The van der Waals surface area contributed by atoms with Crippen molar-refractivity contribution in [2.75, 3.05) is 13.7 Å². The third-order valence-electron chi connectivity index (χ3n) is 2.34. The monoisotopic (exact) mass is 262 g/mol. The van der Waals surface area contributed by atoms with Gasteiger partial charge in [-0.15, -0.1) is 0 Å². The zero-order chi connectivity index (χ0) is 13.9. The Morgan fingerprint density at radius 3 is 2.79 bits per heavy atom. The van der Waals surface area contributed by atoms with Crippen LogP contribution >= 0.6 is 0 Å². The molecule has 0 aliphatic heterocycles. The van der Waals surface area contributed by atoms with E-state index in [0.717, 1.165) is 5.56 Å². The Labute approximate surface area is 113 Å². The first-order chi connectivity index (χ1) is 9.22. The highest BCUT2D eigenvalue weighted by atomic mass is 16.5. The van der Waals surface area contributed by atoms with Crippen LogP contribution in [-0.2, 0) is 20.9 Å². The van der Waals surface area contributed by atoms with Crippen LogP contribution in [0, 0.1) is 11.8 Å². The van der Waals surface area contributed by atoms with Crippen LogP contribution in [0.25, 0.3) is 0 Å². The maximum absolute atomic E-state index is 10.8. The van der Waals surface area contributed by atoms with Crippen molar-refractivity contribution < 1.29 is 19.4 Å². The average Bonchev–Trinajstić information content (AvgIpc) is 2.43. The summed E-state index contributed by atoms with van der Waals surface area (Å²) in [6, 6.07) is 9.86. The van der Waals surface area contributed by atoms with E-state index in [4.69, 9.17) is 4.74 Å². The first kappa shape index (κ1) is 15.2. The topological polar surface area (TPSA) is 55.8 Å². The molecule has 0 aliphatic rings. The van der Waals surface area contributed by atoms with Crippen LogP contribution in [0.4, 0.5) is 0 Å². The van der Waals surface area contributed by atoms with Crippen LogP contribution in [0.15, 0.2) is 30.3 Å². The van der Waals surface area contributed by atoms with Crippen LogP contribution in [0.2, 0.25) is 0 Å². The largest absolute Gasteiger partial charge is 0.469 e. The van der Waals surface area contributed by atoms with E-state index < -0.39 is 12.1 Å². The van der Waals surface area contributed by atoms with Gasteiger partial charge in [-0.2, -0.15) is 0 Å². The molecule has 0 bridgehead atoms. The fraction of sp³-hybridized carbons (Fsp3) is 0.400. The van der Waals surface area contributed by atoms with Crippen LogP contribution in [0.3, 0.4) is 0 Å². The van der Waals surface area contributed by atoms with Crippen molar-refractivity contribution in [3.63, 3.8) is 0 Å². The van der Waals surface area contributed by atoms with Gasteiger partial charge in [0.2, 0.25) is 0 Å². The second-order valence-corrected chi connectivity index (χ2v) is 3.91. The maximum Gasteiger partial charge on any atom is 0.309 e. The summed E-state index contributed by atoms with van der Waals surface area (Å²) in [6.07, 6.45) is -0.555. The Hall–Kier alpha value is -1.83. The Morgan fingerprint density at radius 1 is 1.37 bits per heavy atom. The molecule has 102 valence electrons. The number of methoxy groups -OCH3 is 1. The van der Waals surface area contributed by atoms with E-state index >= 15 is 0 Å². The molecule has 1 aromatic rings. The zero-order valence-corrected chi connectivity index (χ0v) is 11.0.